The molecule has 0 bridgehead atoms. The Labute approximate surface area is 161 Å². The number of amides is 1. The number of nitrogens with zero attached hydrogens (tertiary/aromatic N) is 4. The van der Waals surface area contributed by atoms with Crippen LogP contribution in [0.4, 0.5) is 17.5 Å². The normalized spacial score (nSPS) is 10.4. The van der Waals surface area contributed by atoms with Gasteiger partial charge in [0.05, 0.1) is 0 Å². The topological polar surface area (TPSA) is 114 Å². The van der Waals surface area contributed by atoms with Gasteiger partial charge in [0.1, 0.15) is 17.2 Å². The molecule has 0 aliphatic rings. The third-order valence-corrected chi connectivity index (χ3v) is 3.92. The second-order valence-electron chi connectivity index (χ2n) is 6.17. The van der Waals surface area contributed by atoms with E-state index in [4.69, 9.17) is 0 Å². The minimum absolute atomic E-state index is 0.116. The van der Waals surface area contributed by atoms with Gasteiger partial charge in [-0.25, -0.2) is 4.98 Å². The minimum Gasteiger partial charge on any atom is -0.367 e. The molecule has 0 saturated heterocycles. The highest BCUT2D eigenvalue weighted by atomic mass is 16.2. The number of rotatable bonds is 7. The Hall–Kier alpha value is -3.75. The maximum atomic E-state index is 12.1. The number of anilines is 3. The highest BCUT2D eigenvalue weighted by molar-refractivity contribution is 5.93. The summed E-state index contributed by atoms with van der Waals surface area (Å²) in [6.07, 6.45) is 3.33. The van der Waals surface area contributed by atoms with Gasteiger partial charge in [0.2, 0.25) is 0 Å². The van der Waals surface area contributed by atoms with Crippen molar-refractivity contribution in [2.45, 2.75) is 6.92 Å². The summed E-state index contributed by atoms with van der Waals surface area (Å²) < 4.78 is 1.37. The van der Waals surface area contributed by atoms with E-state index in [2.05, 4.69) is 31.1 Å². The standard InChI is InChI=1S/C19H21N7O2/c1-13-7-8-20-17(12-13)23-16-6-5-15(24-25-16)21-9-10-22-18(27)14-4-3-11-26(2)19(14)28/h3-8,11-12H,9-10H2,1-2H3,(H,21,24)(H,22,27)(H,20,23,25). The van der Waals surface area contributed by atoms with E-state index in [1.54, 1.807) is 37.6 Å². The molecule has 9 heteroatoms. The predicted molar refractivity (Wildman–Crippen MR) is 107 cm³/mol. The zero-order valence-electron chi connectivity index (χ0n) is 15.6. The van der Waals surface area contributed by atoms with Crippen molar-refractivity contribution in [3.8, 4) is 0 Å². The zero-order chi connectivity index (χ0) is 19.9. The van der Waals surface area contributed by atoms with Gasteiger partial charge >= 0.3 is 0 Å². The first-order valence-corrected chi connectivity index (χ1v) is 8.74. The van der Waals surface area contributed by atoms with Crippen LogP contribution in [0, 0.1) is 6.92 Å². The van der Waals surface area contributed by atoms with Gasteiger partial charge in [-0.15, -0.1) is 10.2 Å². The summed E-state index contributed by atoms with van der Waals surface area (Å²) in [5.41, 5.74) is 0.883. The van der Waals surface area contributed by atoms with E-state index in [0.717, 1.165) is 5.56 Å². The molecule has 0 aliphatic heterocycles. The molecule has 3 aromatic heterocycles. The summed E-state index contributed by atoms with van der Waals surface area (Å²) in [6, 6.07) is 10.6. The van der Waals surface area contributed by atoms with E-state index < -0.39 is 5.91 Å². The van der Waals surface area contributed by atoms with Crippen LogP contribution in [0.25, 0.3) is 0 Å². The summed E-state index contributed by atoms with van der Waals surface area (Å²) in [5.74, 6) is 1.45. The molecule has 0 fully saturated rings. The number of nitrogens with one attached hydrogen (secondary N) is 3. The smallest absolute Gasteiger partial charge is 0.263 e. The quantitative estimate of drug-likeness (QED) is 0.533. The lowest BCUT2D eigenvalue weighted by atomic mass is 10.2. The van der Waals surface area contributed by atoms with Crippen molar-refractivity contribution in [3.63, 3.8) is 0 Å². The fourth-order valence-corrected chi connectivity index (χ4v) is 2.46. The van der Waals surface area contributed by atoms with Crippen molar-refractivity contribution in [2.75, 3.05) is 23.7 Å². The van der Waals surface area contributed by atoms with Crippen molar-refractivity contribution < 1.29 is 4.79 Å². The number of hydrogen-bond donors (Lipinski definition) is 3. The second-order valence-corrected chi connectivity index (χ2v) is 6.17. The monoisotopic (exact) mass is 379 g/mol. The number of hydrogen-bond acceptors (Lipinski definition) is 7. The molecular formula is C19H21N7O2. The Bertz CT molecular complexity index is 1020. The molecule has 0 saturated carbocycles. The van der Waals surface area contributed by atoms with Gasteiger partial charge in [0, 0.05) is 32.5 Å². The Morgan fingerprint density at radius 3 is 2.61 bits per heavy atom. The van der Waals surface area contributed by atoms with Gasteiger partial charge in [0.15, 0.2) is 5.82 Å². The van der Waals surface area contributed by atoms with Crippen molar-refractivity contribution >= 4 is 23.4 Å². The lowest BCUT2D eigenvalue weighted by Crippen LogP contribution is -2.34. The van der Waals surface area contributed by atoms with Gasteiger partial charge in [0.25, 0.3) is 11.5 Å². The van der Waals surface area contributed by atoms with Crippen LogP contribution in [0.15, 0.2) is 53.6 Å². The van der Waals surface area contributed by atoms with E-state index >= 15 is 0 Å². The summed E-state index contributed by atoms with van der Waals surface area (Å²) in [6.45, 7) is 2.77. The van der Waals surface area contributed by atoms with Crippen LogP contribution in [-0.2, 0) is 7.05 Å². The molecule has 0 atom stereocenters. The van der Waals surface area contributed by atoms with Crippen LogP contribution in [0.3, 0.4) is 0 Å². The molecule has 0 unspecified atom stereocenters. The van der Waals surface area contributed by atoms with Crippen LogP contribution in [0.5, 0.6) is 0 Å². The average Bonchev–Trinajstić information content (AvgIpc) is 2.68. The van der Waals surface area contributed by atoms with E-state index in [1.807, 2.05) is 19.1 Å². The van der Waals surface area contributed by atoms with Crippen molar-refractivity contribution in [1.29, 1.82) is 0 Å². The second kappa shape index (κ2) is 8.76. The van der Waals surface area contributed by atoms with E-state index in [1.165, 1.54) is 10.6 Å². The molecule has 3 rings (SSSR count). The van der Waals surface area contributed by atoms with E-state index in [0.29, 0.717) is 30.5 Å². The molecule has 1 amide bonds. The SMILES string of the molecule is Cc1ccnc(Nc2ccc(NCCNC(=O)c3cccn(C)c3=O)nn2)c1. The highest BCUT2D eigenvalue weighted by Crippen LogP contribution is 2.13. The summed E-state index contributed by atoms with van der Waals surface area (Å²) in [5, 5.41) is 17.0. The molecule has 3 aromatic rings. The van der Waals surface area contributed by atoms with E-state index in [9.17, 15) is 9.59 Å². The molecule has 0 aliphatic carbocycles. The fourth-order valence-electron chi connectivity index (χ4n) is 2.46. The van der Waals surface area contributed by atoms with Crippen molar-refractivity contribution in [2.24, 2.45) is 7.05 Å². The summed E-state index contributed by atoms with van der Waals surface area (Å²) in [4.78, 5) is 28.2. The predicted octanol–water partition coefficient (Wildman–Crippen LogP) is 1.46. The maximum Gasteiger partial charge on any atom is 0.263 e. The molecule has 3 N–H and O–H groups in total. The van der Waals surface area contributed by atoms with Crippen LogP contribution >= 0.6 is 0 Å². The molecular weight excluding hydrogens is 358 g/mol. The fraction of sp³-hybridized carbons (Fsp3) is 0.211. The molecule has 3 heterocycles. The van der Waals surface area contributed by atoms with Gasteiger partial charge in [-0.3, -0.25) is 9.59 Å². The van der Waals surface area contributed by atoms with Crippen LogP contribution in [0.2, 0.25) is 0 Å². The first kappa shape index (κ1) is 19.0. The average molecular weight is 379 g/mol. The Balaban J connectivity index is 1.47. The van der Waals surface area contributed by atoms with Gasteiger partial charge in [-0.2, -0.15) is 0 Å². The summed E-state index contributed by atoms with van der Waals surface area (Å²) in [7, 11) is 1.60. The Morgan fingerprint density at radius 1 is 1.07 bits per heavy atom. The zero-order valence-corrected chi connectivity index (χ0v) is 15.6. The van der Waals surface area contributed by atoms with Gasteiger partial charge < -0.3 is 20.5 Å². The number of aryl methyl sites for hydroxylation is 2. The van der Waals surface area contributed by atoms with Gasteiger partial charge in [-0.1, -0.05) is 0 Å². The van der Waals surface area contributed by atoms with Crippen molar-refractivity contribution in [1.82, 2.24) is 25.1 Å². The number of pyridine rings is 2. The highest BCUT2D eigenvalue weighted by Gasteiger charge is 2.10. The Morgan fingerprint density at radius 2 is 1.86 bits per heavy atom. The first-order valence-electron chi connectivity index (χ1n) is 8.74. The summed E-state index contributed by atoms with van der Waals surface area (Å²) >= 11 is 0. The molecule has 28 heavy (non-hydrogen) atoms. The number of aromatic nitrogens is 4. The van der Waals surface area contributed by atoms with Crippen LogP contribution in [0.1, 0.15) is 15.9 Å². The lowest BCUT2D eigenvalue weighted by Gasteiger charge is -2.08. The van der Waals surface area contributed by atoms with Gasteiger partial charge in [-0.05, 0) is 48.9 Å². The molecule has 0 spiro atoms. The first-order chi connectivity index (χ1) is 13.5. The molecule has 0 radical (unpaired) electrons. The molecule has 0 aromatic carbocycles. The minimum atomic E-state index is -0.403. The maximum absolute atomic E-state index is 12.1. The third kappa shape index (κ3) is 4.91. The number of carbonyl (C=O) groups is 1. The largest absolute Gasteiger partial charge is 0.367 e. The molecule has 9 nitrogen and oxygen atoms in total. The van der Waals surface area contributed by atoms with Crippen LogP contribution in [-0.4, -0.2) is 38.7 Å². The molecule has 144 valence electrons. The van der Waals surface area contributed by atoms with Crippen LogP contribution < -0.4 is 21.5 Å². The lowest BCUT2D eigenvalue weighted by molar-refractivity contribution is 0.0953. The van der Waals surface area contributed by atoms with Crippen molar-refractivity contribution in [3.05, 3.63) is 70.3 Å². The van der Waals surface area contributed by atoms with E-state index in [-0.39, 0.29) is 11.1 Å². The Kier molecular flexibility index (Phi) is 5.95. The number of carbonyl (C=O) groups excluding carboxylic acids is 1. The third-order valence-electron chi connectivity index (χ3n) is 3.92.